The molecule has 1 fully saturated rings. The maximum atomic E-state index is 12.3. The van der Waals surface area contributed by atoms with E-state index in [1.165, 1.54) is 0 Å². The topological polar surface area (TPSA) is 44.4 Å². The van der Waals surface area contributed by atoms with Gasteiger partial charge in [-0.05, 0) is 63.5 Å². The fourth-order valence-corrected chi connectivity index (χ4v) is 3.09. The second kappa shape index (κ2) is 10.1. The van der Waals surface area contributed by atoms with Crippen molar-refractivity contribution in [2.24, 2.45) is 0 Å². The molecule has 0 radical (unpaired) electrons. The Hall–Kier alpha value is -0.810. The minimum absolute atomic E-state index is 0. The molecule has 1 aliphatic rings. The van der Waals surface area contributed by atoms with Crippen LogP contribution in [0.25, 0.3) is 0 Å². The minimum atomic E-state index is 0. The zero-order valence-corrected chi connectivity index (χ0v) is 15.5. The van der Waals surface area contributed by atoms with E-state index in [0.717, 1.165) is 50.1 Å². The smallest absolute Gasteiger partial charge is 0.238 e. The van der Waals surface area contributed by atoms with Crippen molar-refractivity contribution in [1.29, 1.82) is 0 Å². The highest BCUT2D eigenvalue weighted by atomic mass is 35.5. The van der Waals surface area contributed by atoms with Crippen molar-refractivity contribution in [3.05, 3.63) is 28.8 Å². The van der Waals surface area contributed by atoms with Crippen molar-refractivity contribution in [2.45, 2.75) is 39.2 Å². The van der Waals surface area contributed by atoms with E-state index in [1.807, 2.05) is 25.1 Å². The summed E-state index contributed by atoms with van der Waals surface area (Å²) in [5.74, 6) is 0.0342. The van der Waals surface area contributed by atoms with Crippen molar-refractivity contribution in [2.75, 3.05) is 31.5 Å². The van der Waals surface area contributed by atoms with Crippen molar-refractivity contribution < 1.29 is 4.79 Å². The predicted molar refractivity (Wildman–Crippen MR) is 99.8 cm³/mol. The fourth-order valence-electron chi connectivity index (χ4n) is 2.91. The molecule has 0 spiro atoms. The second-order valence-corrected chi connectivity index (χ2v) is 6.37. The van der Waals surface area contributed by atoms with Gasteiger partial charge in [0.1, 0.15) is 0 Å². The van der Waals surface area contributed by atoms with Crippen LogP contribution in [0.15, 0.2) is 18.2 Å². The van der Waals surface area contributed by atoms with Crippen molar-refractivity contribution >= 4 is 35.6 Å². The van der Waals surface area contributed by atoms with Gasteiger partial charge >= 0.3 is 0 Å². The van der Waals surface area contributed by atoms with Crippen LogP contribution < -0.4 is 10.6 Å². The average Bonchev–Trinajstić information content (AvgIpc) is 2.51. The first-order chi connectivity index (χ1) is 10.6. The summed E-state index contributed by atoms with van der Waals surface area (Å²) in [5, 5.41) is 7.01. The largest absolute Gasteiger partial charge is 0.325 e. The van der Waals surface area contributed by atoms with Crippen LogP contribution in [0.1, 0.15) is 31.7 Å². The van der Waals surface area contributed by atoms with Crippen LogP contribution in [0.4, 0.5) is 5.69 Å². The Morgan fingerprint density at radius 3 is 2.70 bits per heavy atom. The van der Waals surface area contributed by atoms with E-state index >= 15 is 0 Å². The molecule has 0 aromatic heterocycles. The number of aryl methyl sites for hydroxylation is 1. The van der Waals surface area contributed by atoms with Gasteiger partial charge < -0.3 is 10.6 Å². The highest BCUT2D eigenvalue weighted by Crippen LogP contribution is 2.20. The van der Waals surface area contributed by atoms with Gasteiger partial charge in [-0.2, -0.15) is 0 Å². The first-order valence-electron chi connectivity index (χ1n) is 8.11. The third-order valence-corrected chi connectivity index (χ3v) is 4.55. The third-order valence-electron chi connectivity index (χ3n) is 4.14. The Kier molecular flexibility index (Phi) is 8.92. The van der Waals surface area contributed by atoms with Crippen LogP contribution in [0.2, 0.25) is 5.02 Å². The van der Waals surface area contributed by atoms with Gasteiger partial charge in [0.2, 0.25) is 5.91 Å². The summed E-state index contributed by atoms with van der Waals surface area (Å²) in [6.45, 7) is 7.61. The normalized spacial score (nSPS) is 15.3. The Labute approximate surface area is 150 Å². The molecule has 1 aliphatic heterocycles. The number of hydrogen-bond donors (Lipinski definition) is 2. The molecule has 2 N–H and O–H groups in total. The van der Waals surface area contributed by atoms with E-state index in [0.29, 0.717) is 17.6 Å². The molecule has 1 aromatic carbocycles. The van der Waals surface area contributed by atoms with Gasteiger partial charge in [-0.15, -0.1) is 12.4 Å². The lowest BCUT2D eigenvalue weighted by Gasteiger charge is -2.34. The first-order valence-corrected chi connectivity index (χ1v) is 8.48. The summed E-state index contributed by atoms with van der Waals surface area (Å²) >= 11 is 6.11. The zero-order chi connectivity index (χ0) is 15.9. The molecule has 0 atom stereocenters. The molecule has 23 heavy (non-hydrogen) atoms. The number of carbonyl (C=O) groups is 1. The molecule has 6 heteroatoms. The van der Waals surface area contributed by atoms with E-state index in [-0.39, 0.29) is 18.3 Å². The molecular weight excluding hydrogens is 333 g/mol. The molecule has 0 aliphatic carbocycles. The Bertz CT molecular complexity index is 505. The summed E-state index contributed by atoms with van der Waals surface area (Å²) in [7, 11) is 0. The van der Waals surface area contributed by atoms with Gasteiger partial charge in [0, 0.05) is 16.8 Å². The number of benzene rings is 1. The lowest BCUT2D eigenvalue weighted by molar-refractivity contribution is -0.118. The van der Waals surface area contributed by atoms with Gasteiger partial charge in [0.25, 0.3) is 0 Å². The monoisotopic (exact) mass is 359 g/mol. The Morgan fingerprint density at radius 2 is 2.09 bits per heavy atom. The van der Waals surface area contributed by atoms with E-state index in [2.05, 4.69) is 22.5 Å². The molecule has 1 saturated heterocycles. The van der Waals surface area contributed by atoms with Crippen LogP contribution in [0, 0.1) is 6.92 Å². The number of hydrogen-bond acceptors (Lipinski definition) is 3. The van der Waals surface area contributed by atoms with E-state index in [4.69, 9.17) is 11.6 Å². The molecule has 1 amide bonds. The van der Waals surface area contributed by atoms with E-state index < -0.39 is 0 Å². The van der Waals surface area contributed by atoms with Crippen molar-refractivity contribution in [3.63, 3.8) is 0 Å². The molecule has 2 rings (SSSR count). The zero-order valence-electron chi connectivity index (χ0n) is 13.9. The van der Waals surface area contributed by atoms with Crippen molar-refractivity contribution in [3.8, 4) is 0 Å². The lowest BCUT2D eigenvalue weighted by atomic mass is 10.0. The van der Waals surface area contributed by atoms with Crippen LogP contribution >= 0.6 is 24.0 Å². The number of nitrogens with zero attached hydrogens (tertiary/aromatic N) is 1. The van der Waals surface area contributed by atoms with Gasteiger partial charge in [0.05, 0.1) is 6.54 Å². The van der Waals surface area contributed by atoms with Crippen LogP contribution in [-0.4, -0.2) is 43.0 Å². The number of anilines is 1. The van der Waals surface area contributed by atoms with E-state index in [1.54, 1.807) is 0 Å². The Morgan fingerprint density at radius 1 is 1.39 bits per heavy atom. The molecular formula is C17H27Cl2N3O. The van der Waals surface area contributed by atoms with Gasteiger partial charge in [-0.3, -0.25) is 9.69 Å². The predicted octanol–water partition coefficient (Wildman–Crippen LogP) is 3.47. The quantitative estimate of drug-likeness (QED) is 0.817. The number of carbonyl (C=O) groups excluding carboxylic acids is 1. The first kappa shape index (κ1) is 20.2. The summed E-state index contributed by atoms with van der Waals surface area (Å²) in [6.07, 6.45) is 3.29. The highest BCUT2D eigenvalue weighted by Gasteiger charge is 2.22. The Balaban J connectivity index is 0.00000264. The molecule has 0 saturated carbocycles. The lowest BCUT2D eigenvalue weighted by Crippen LogP contribution is -2.46. The molecule has 1 aromatic rings. The third kappa shape index (κ3) is 6.30. The summed E-state index contributed by atoms with van der Waals surface area (Å²) in [6, 6.07) is 6.14. The molecule has 130 valence electrons. The fraction of sp³-hybridized carbons (Fsp3) is 0.588. The second-order valence-electron chi connectivity index (χ2n) is 5.96. The van der Waals surface area contributed by atoms with Gasteiger partial charge in [-0.1, -0.05) is 24.6 Å². The number of rotatable bonds is 6. The number of piperidine rings is 1. The molecule has 0 bridgehead atoms. The number of amides is 1. The average molecular weight is 360 g/mol. The number of nitrogens with one attached hydrogen (secondary N) is 2. The van der Waals surface area contributed by atoms with Gasteiger partial charge in [0.15, 0.2) is 0 Å². The molecule has 4 nitrogen and oxygen atoms in total. The van der Waals surface area contributed by atoms with Gasteiger partial charge in [-0.25, -0.2) is 0 Å². The standard InChI is InChI=1S/C17H26ClN3O.ClH/c1-3-10-21(15-6-8-19-9-7-15)12-17(22)20-14-5-4-13(2)16(18)11-14;/h4-5,11,15,19H,3,6-10,12H2,1-2H3,(H,20,22);1H. The number of halogens is 2. The summed E-state index contributed by atoms with van der Waals surface area (Å²) in [5.41, 5.74) is 1.78. The van der Waals surface area contributed by atoms with Crippen LogP contribution in [-0.2, 0) is 4.79 Å². The van der Waals surface area contributed by atoms with Crippen LogP contribution in [0.3, 0.4) is 0 Å². The molecule has 1 heterocycles. The van der Waals surface area contributed by atoms with E-state index in [9.17, 15) is 4.79 Å². The molecule has 0 unspecified atom stereocenters. The minimum Gasteiger partial charge on any atom is -0.325 e. The summed E-state index contributed by atoms with van der Waals surface area (Å²) in [4.78, 5) is 14.6. The van der Waals surface area contributed by atoms with Crippen LogP contribution in [0.5, 0.6) is 0 Å². The maximum Gasteiger partial charge on any atom is 0.238 e. The summed E-state index contributed by atoms with van der Waals surface area (Å²) < 4.78 is 0. The maximum absolute atomic E-state index is 12.3. The van der Waals surface area contributed by atoms with Crippen molar-refractivity contribution in [1.82, 2.24) is 10.2 Å². The SMILES string of the molecule is CCCN(CC(=O)Nc1ccc(C)c(Cl)c1)C1CCNCC1.Cl. The highest BCUT2D eigenvalue weighted by molar-refractivity contribution is 6.31.